The number of carbonyl (C=O) groups excluding carboxylic acids is 1. The zero-order valence-electron chi connectivity index (χ0n) is 14.0. The van der Waals surface area contributed by atoms with Crippen molar-refractivity contribution in [1.29, 1.82) is 0 Å². The molecule has 0 aliphatic heterocycles. The van der Waals surface area contributed by atoms with Crippen molar-refractivity contribution in [3.05, 3.63) is 70.6 Å². The topological polar surface area (TPSA) is 34.9 Å². The minimum atomic E-state index is -0.492. The molecule has 0 aliphatic rings. The quantitative estimate of drug-likeness (QED) is 0.578. The van der Waals surface area contributed by atoms with Crippen LogP contribution in [-0.2, 0) is 6.42 Å². The molecule has 0 fully saturated rings. The molecule has 0 atom stereocenters. The first kappa shape index (κ1) is 17.4. The van der Waals surface area contributed by atoms with Gasteiger partial charge in [0.1, 0.15) is 11.5 Å². The summed E-state index contributed by atoms with van der Waals surface area (Å²) in [5, 5.41) is 4.50. The molecule has 0 N–H and O–H groups in total. The van der Waals surface area contributed by atoms with E-state index in [2.05, 4.69) is 31.1 Å². The number of hydrogen-bond acceptors (Lipinski definition) is 2. The molecule has 25 heavy (non-hydrogen) atoms. The highest BCUT2D eigenvalue weighted by Crippen LogP contribution is 2.25. The Hall–Kier alpha value is -2.46. The predicted octanol–water partition coefficient (Wildman–Crippen LogP) is 5.34. The van der Waals surface area contributed by atoms with E-state index in [0.29, 0.717) is 22.9 Å². The van der Waals surface area contributed by atoms with Crippen LogP contribution in [-0.4, -0.2) is 16.1 Å². The minimum absolute atomic E-state index is 0.0141. The molecule has 2 aromatic carbocycles. The summed E-state index contributed by atoms with van der Waals surface area (Å²) in [4.78, 5) is 11.4. The van der Waals surface area contributed by atoms with Crippen molar-refractivity contribution in [2.24, 2.45) is 5.92 Å². The number of hydrogen-bond donors (Lipinski definition) is 0. The third-order valence-electron chi connectivity index (χ3n) is 3.91. The Labute approximate surface area is 151 Å². The van der Waals surface area contributed by atoms with Gasteiger partial charge in [-0.2, -0.15) is 5.10 Å². The average Bonchev–Trinajstić information content (AvgIpc) is 3.02. The molecule has 0 aliphatic carbocycles. The Morgan fingerprint density at radius 2 is 1.92 bits per heavy atom. The standard InChI is InChI=1S/C20H18ClFN2O/c1-13(2)9-14-3-5-15(6-4-14)20-16(12-25)11-24(23-20)17-7-8-19(22)18(21)10-17/h3-8,10-13H,9H2,1-2H3. The molecule has 0 amide bonds. The smallest absolute Gasteiger partial charge is 0.153 e. The zero-order chi connectivity index (χ0) is 18.0. The molecule has 3 nitrogen and oxygen atoms in total. The lowest BCUT2D eigenvalue weighted by molar-refractivity contribution is 0.112. The third-order valence-corrected chi connectivity index (χ3v) is 4.20. The van der Waals surface area contributed by atoms with Crippen LogP contribution in [0.2, 0.25) is 5.02 Å². The van der Waals surface area contributed by atoms with Gasteiger partial charge in [-0.1, -0.05) is 49.7 Å². The summed E-state index contributed by atoms with van der Waals surface area (Å²) < 4.78 is 14.9. The van der Waals surface area contributed by atoms with Gasteiger partial charge in [-0.3, -0.25) is 4.79 Å². The summed E-state index contributed by atoms with van der Waals surface area (Å²) in [7, 11) is 0. The Morgan fingerprint density at radius 1 is 1.20 bits per heavy atom. The largest absolute Gasteiger partial charge is 0.298 e. The van der Waals surface area contributed by atoms with Gasteiger partial charge in [0.2, 0.25) is 0 Å². The van der Waals surface area contributed by atoms with E-state index in [0.717, 1.165) is 18.3 Å². The van der Waals surface area contributed by atoms with Gasteiger partial charge in [0.05, 0.1) is 16.3 Å². The maximum atomic E-state index is 13.3. The van der Waals surface area contributed by atoms with Crippen molar-refractivity contribution in [2.75, 3.05) is 0 Å². The lowest BCUT2D eigenvalue weighted by atomic mass is 10.0. The SMILES string of the molecule is CC(C)Cc1ccc(-c2nn(-c3ccc(F)c(Cl)c3)cc2C=O)cc1. The fourth-order valence-electron chi connectivity index (χ4n) is 2.73. The van der Waals surface area contributed by atoms with Gasteiger partial charge in [0, 0.05) is 11.8 Å². The summed E-state index contributed by atoms with van der Waals surface area (Å²) in [5.74, 6) is 0.0907. The van der Waals surface area contributed by atoms with Crippen LogP contribution in [0.15, 0.2) is 48.7 Å². The van der Waals surface area contributed by atoms with Crippen LogP contribution in [0.4, 0.5) is 4.39 Å². The Balaban J connectivity index is 1.98. The van der Waals surface area contributed by atoms with Crippen LogP contribution in [0.1, 0.15) is 29.8 Å². The zero-order valence-corrected chi connectivity index (χ0v) is 14.8. The lowest BCUT2D eigenvalue weighted by Gasteiger charge is -2.06. The molecule has 0 bridgehead atoms. The number of nitrogens with zero attached hydrogens (tertiary/aromatic N) is 2. The average molecular weight is 357 g/mol. The number of halogens is 2. The van der Waals surface area contributed by atoms with Gasteiger partial charge in [0.25, 0.3) is 0 Å². The summed E-state index contributed by atoms with van der Waals surface area (Å²) in [6, 6.07) is 12.4. The second-order valence-electron chi connectivity index (χ2n) is 6.39. The van der Waals surface area contributed by atoms with Crippen LogP contribution < -0.4 is 0 Å². The Morgan fingerprint density at radius 3 is 2.52 bits per heavy atom. The monoisotopic (exact) mass is 356 g/mol. The van der Waals surface area contributed by atoms with Crippen molar-refractivity contribution in [3.63, 3.8) is 0 Å². The Kier molecular flexibility index (Phi) is 5.00. The van der Waals surface area contributed by atoms with Crippen LogP contribution in [0, 0.1) is 11.7 Å². The van der Waals surface area contributed by atoms with Crippen LogP contribution >= 0.6 is 11.6 Å². The summed E-state index contributed by atoms with van der Waals surface area (Å²) in [5.41, 5.74) is 3.76. The number of benzene rings is 2. The van der Waals surface area contributed by atoms with E-state index in [1.807, 2.05) is 12.1 Å². The van der Waals surface area contributed by atoms with Crippen molar-refractivity contribution in [1.82, 2.24) is 9.78 Å². The van der Waals surface area contributed by atoms with E-state index in [4.69, 9.17) is 11.6 Å². The lowest BCUT2D eigenvalue weighted by Crippen LogP contribution is -1.96. The van der Waals surface area contributed by atoms with Crippen molar-refractivity contribution >= 4 is 17.9 Å². The van der Waals surface area contributed by atoms with Gasteiger partial charge in [-0.25, -0.2) is 9.07 Å². The highest BCUT2D eigenvalue weighted by Gasteiger charge is 2.13. The molecule has 3 aromatic rings. The van der Waals surface area contributed by atoms with E-state index in [1.54, 1.807) is 12.3 Å². The normalized spacial score (nSPS) is 11.1. The second kappa shape index (κ2) is 7.19. The third kappa shape index (κ3) is 3.80. The first-order valence-electron chi connectivity index (χ1n) is 8.07. The van der Waals surface area contributed by atoms with Crippen molar-refractivity contribution in [2.45, 2.75) is 20.3 Å². The summed E-state index contributed by atoms with van der Waals surface area (Å²) in [6.45, 7) is 4.35. The van der Waals surface area contributed by atoms with Gasteiger partial charge in [-0.15, -0.1) is 0 Å². The predicted molar refractivity (Wildman–Crippen MR) is 97.9 cm³/mol. The Bertz CT molecular complexity index is 901. The fourth-order valence-corrected chi connectivity index (χ4v) is 2.90. The molecule has 5 heteroatoms. The van der Waals surface area contributed by atoms with E-state index in [9.17, 15) is 9.18 Å². The molecule has 1 aromatic heterocycles. The molecule has 0 unspecified atom stereocenters. The molecule has 3 rings (SSSR count). The first-order chi connectivity index (χ1) is 12.0. The maximum Gasteiger partial charge on any atom is 0.153 e. The molecule has 0 saturated heterocycles. The van der Waals surface area contributed by atoms with Crippen LogP contribution in [0.5, 0.6) is 0 Å². The number of carbonyl (C=O) groups is 1. The van der Waals surface area contributed by atoms with Gasteiger partial charge in [-0.05, 0) is 36.1 Å². The van der Waals surface area contributed by atoms with E-state index < -0.39 is 5.82 Å². The summed E-state index contributed by atoms with van der Waals surface area (Å²) in [6.07, 6.45) is 3.39. The van der Waals surface area contributed by atoms with Crippen LogP contribution in [0.25, 0.3) is 16.9 Å². The molecule has 0 spiro atoms. The molecule has 1 heterocycles. The molecule has 128 valence electrons. The van der Waals surface area contributed by atoms with E-state index >= 15 is 0 Å². The van der Waals surface area contributed by atoms with Gasteiger partial charge < -0.3 is 0 Å². The molecular weight excluding hydrogens is 339 g/mol. The minimum Gasteiger partial charge on any atom is -0.298 e. The highest BCUT2D eigenvalue weighted by molar-refractivity contribution is 6.30. The molecule has 0 saturated carbocycles. The molecular formula is C20H18ClFN2O. The second-order valence-corrected chi connectivity index (χ2v) is 6.80. The van der Waals surface area contributed by atoms with E-state index in [-0.39, 0.29) is 5.02 Å². The summed E-state index contributed by atoms with van der Waals surface area (Å²) >= 11 is 5.83. The number of aromatic nitrogens is 2. The number of rotatable bonds is 5. The maximum absolute atomic E-state index is 13.3. The molecule has 0 radical (unpaired) electrons. The van der Waals surface area contributed by atoms with Crippen molar-refractivity contribution in [3.8, 4) is 16.9 Å². The highest BCUT2D eigenvalue weighted by atomic mass is 35.5. The van der Waals surface area contributed by atoms with E-state index in [1.165, 1.54) is 22.4 Å². The van der Waals surface area contributed by atoms with Gasteiger partial charge >= 0.3 is 0 Å². The fraction of sp³-hybridized carbons (Fsp3) is 0.200. The first-order valence-corrected chi connectivity index (χ1v) is 8.45. The van der Waals surface area contributed by atoms with Crippen LogP contribution in [0.3, 0.4) is 0 Å². The van der Waals surface area contributed by atoms with Crippen molar-refractivity contribution < 1.29 is 9.18 Å². The number of aldehydes is 1. The van der Waals surface area contributed by atoms with Gasteiger partial charge in [0.15, 0.2) is 6.29 Å².